The van der Waals surface area contributed by atoms with Crippen LogP contribution in [-0.4, -0.2) is 24.7 Å². The largest absolute Gasteiger partial charge is 0.508 e. The minimum atomic E-state index is -0.0534. The number of amides is 1. The van der Waals surface area contributed by atoms with E-state index in [4.69, 9.17) is 9.47 Å². The zero-order chi connectivity index (χ0) is 15.1. The Bertz CT molecular complexity index is 578. The predicted molar refractivity (Wildman–Crippen MR) is 78.8 cm³/mol. The molecule has 0 heterocycles. The lowest BCUT2D eigenvalue weighted by atomic mass is 10.3. The van der Waals surface area contributed by atoms with Gasteiger partial charge in [-0.25, -0.2) is 0 Å². The van der Waals surface area contributed by atoms with Crippen molar-refractivity contribution in [3.05, 3.63) is 48.5 Å². The number of hydrogen-bond donors (Lipinski definition) is 2. The zero-order valence-corrected chi connectivity index (χ0v) is 11.7. The fourth-order valence-electron chi connectivity index (χ4n) is 1.64. The maximum Gasteiger partial charge on any atom is 0.223 e. The molecule has 110 valence electrons. The maximum atomic E-state index is 11.1. The number of phenols is 1. The Morgan fingerprint density at radius 1 is 1.00 bits per heavy atom. The summed E-state index contributed by atoms with van der Waals surface area (Å²) in [5.74, 6) is 2.13. The molecule has 2 aromatic rings. The molecule has 2 rings (SSSR count). The quantitative estimate of drug-likeness (QED) is 0.857. The van der Waals surface area contributed by atoms with E-state index in [2.05, 4.69) is 5.32 Å². The lowest BCUT2D eigenvalue weighted by molar-refractivity contribution is -0.121. The van der Waals surface area contributed by atoms with Crippen molar-refractivity contribution in [2.24, 2.45) is 0 Å². The summed E-state index contributed by atoms with van der Waals surface area (Å²) in [6.45, 7) is 0.331. The van der Waals surface area contributed by atoms with Crippen molar-refractivity contribution in [3.8, 4) is 23.0 Å². The normalized spacial score (nSPS) is 9.95. The van der Waals surface area contributed by atoms with Gasteiger partial charge in [0.15, 0.2) is 0 Å². The molecule has 0 saturated heterocycles. The Morgan fingerprint density at radius 3 is 2.10 bits per heavy atom. The number of carbonyl (C=O) groups is 1. The first-order valence-electron chi connectivity index (χ1n) is 6.58. The summed E-state index contributed by atoms with van der Waals surface area (Å²) in [6.07, 6.45) is 0.322. The molecule has 0 aliphatic carbocycles. The van der Waals surface area contributed by atoms with Crippen LogP contribution in [-0.2, 0) is 4.79 Å². The summed E-state index contributed by atoms with van der Waals surface area (Å²) in [5, 5.41) is 11.7. The molecule has 0 aromatic heterocycles. The summed E-state index contributed by atoms with van der Waals surface area (Å²) in [5.41, 5.74) is 0. The van der Waals surface area contributed by atoms with E-state index in [1.165, 1.54) is 0 Å². The molecule has 0 fully saturated rings. The number of benzene rings is 2. The van der Waals surface area contributed by atoms with Crippen LogP contribution < -0.4 is 14.8 Å². The second-order valence-corrected chi connectivity index (χ2v) is 4.34. The number of phenolic OH excluding ortho intramolecular Hbond substituents is 1. The van der Waals surface area contributed by atoms with Crippen LogP contribution >= 0.6 is 0 Å². The van der Waals surface area contributed by atoms with Crippen LogP contribution in [0.2, 0.25) is 0 Å². The molecule has 1 amide bonds. The molecule has 0 saturated carbocycles. The molecule has 0 atom stereocenters. The van der Waals surface area contributed by atoms with Crippen molar-refractivity contribution in [2.45, 2.75) is 6.42 Å². The van der Waals surface area contributed by atoms with Crippen molar-refractivity contribution in [3.63, 3.8) is 0 Å². The number of rotatable bonds is 6. The van der Waals surface area contributed by atoms with E-state index in [9.17, 15) is 9.90 Å². The van der Waals surface area contributed by atoms with E-state index >= 15 is 0 Å². The van der Waals surface area contributed by atoms with E-state index in [1.54, 1.807) is 55.6 Å². The average molecular weight is 287 g/mol. The van der Waals surface area contributed by atoms with Crippen LogP contribution in [0.3, 0.4) is 0 Å². The van der Waals surface area contributed by atoms with Crippen LogP contribution in [0.4, 0.5) is 0 Å². The van der Waals surface area contributed by atoms with Crippen LogP contribution in [0.1, 0.15) is 6.42 Å². The molecule has 5 heteroatoms. The van der Waals surface area contributed by atoms with Gasteiger partial charge in [0.05, 0.1) is 13.0 Å². The first-order valence-corrected chi connectivity index (χ1v) is 6.58. The molecular formula is C16H17NO4. The molecule has 0 spiro atoms. The van der Waals surface area contributed by atoms with Gasteiger partial charge in [-0.1, -0.05) is 0 Å². The highest BCUT2D eigenvalue weighted by Gasteiger charge is 2.01. The molecule has 21 heavy (non-hydrogen) atoms. The monoisotopic (exact) mass is 287 g/mol. The summed E-state index contributed by atoms with van der Waals surface area (Å²) in [6, 6.07) is 13.6. The van der Waals surface area contributed by atoms with Gasteiger partial charge in [0.1, 0.15) is 23.0 Å². The highest BCUT2D eigenvalue weighted by Crippen LogP contribution is 2.25. The van der Waals surface area contributed by atoms with Crippen LogP contribution in [0, 0.1) is 0 Å². The van der Waals surface area contributed by atoms with E-state index in [0.717, 1.165) is 0 Å². The zero-order valence-electron chi connectivity index (χ0n) is 11.7. The van der Waals surface area contributed by atoms with Crippen LogP contribution in [0.5, 0.6) is 23.0 Å². The Labute approximate surface area is 123 Å². The summed E-state index contributed by atoms with van der Waals surface area (Å²) in [7, 11) is 1.60. The average Bonchev–Trinajstić information content (AvgIpc) is 2.51. The SMILES string of the molecule is CNC(=O)CCOc1ccc(Oc2ccc(O)cc2)cc1. The van der Waals surface area contributed by atoms with Crippen molar-refractivity contribution < 1.29 is 19.4 Å². The van der Waals surface area contributed by atoms with Gasteiger partial charge in [-0.05, 0) is 48.5 Å². The van der Waals surface area contributed by atoms with Crippen LogP contribution in [0.25, 0.3) is 0 Å². The molecule has 2 aromatic carbocycles. The number of ether oxygens (including phenoxy) is 2. The molecule has 0 aliphatic heterocycles. The Morgan fingerprint density at radius 2 is 1.52 bits per heavy atom. The molecule has 0 unspecified atom stereocenters. The molecular weight excluding hydrogens is 270 g/mol. The minimum Gasteiger partial charge on any atom is -0.508 e. The number of carbonyl (C=O) groups excluding carboxylic acids is 1. The molecule has 0 radical (unpaired) electrons. The first-order chi connectivity index (χ1) is 10.2. The fraction of sp³-hybridized carbons (Fsp3) is 0.188. The van der Waals surface area contributed by atoms with Gasteiger partial charge >= 0.3 is 0 Å². The molecule has 5 nitrogen and oxygen atoms in total. The van der Waals surface area contributed by atoms with E-state index in [0.29, 0.717) is 30.3 Å². The minimum absolute atomic E-state index is 0.0534. The smallest absolute Gasteiger partial charge is 0.223 e. The van der Waals surface area contributed by atoms with E-state index in [1.807, 2.05) is 0 Å². The number of aromatic hydroxyl groups is 1. The second kappa shape index (κ2) is 7.19. The standard InChI is InChI=1S/C16H17NO4/c1-17-16(19)10-11-20-13-6-8-15(9-7-13)21-14-4-2-12(18)3-5-14/h2-9,18H,10-11H2,1H3,(H,17,19). The Hall–Kier alpha value is -2.69. The van der Waals surface area contributed by atoms with Crippen molar-refractivity contribution in [1.82, 2.24) is 5.32 Å². The van der Waals surface area contributed by atoms with Gasteiger partial charge in [-0.2, -0.15) is 0 Å². The van der Waals surface area contributed by atoms with Gasteiger partial charge in [0.2, 0.25) is 5.91 Å². The highest BCUT2D eigenvalue weighted by atomic mass is 16.5. The third kappa shape index (κ3) is 4.72. The third-order valence-corrected chi connectivity index (χ3v) is 2.77. The van der Waals surface area contributed by atoms with Crippen molar-refractivity contribution in [2.75, 3.05) is 13.7 Å². The Kier molecular flexibility index (Phi) is 5.04. The topological polar surface area (TPSA) is 67.8 Å². The van der Waals surface area contributed by atoms with E-state index < -0.39 is 0 Å². The van der Waals surface area contributed by atoms with Crippen molar-refractivity contribution in [1.29, 1.82) is 0 Å². The van der Waals surface area contributed by atoms with Gasteiger partial charge in [-0.3, -0.25) is 4.79 Å². The first kappa shape index (κ1) is 14.7. The fourth-order valence-corrected chi connectivity index (χ4v) is 1.64. The number of hydrogen-bond acceptors (Lipinski definition) is 4. The summed E-state index contributed by atoms with van der Waals surface area (Å²) in [4.78, 5) is 11.1. The van der Waals surface area contributed by atoms with Gasteiger partial charge < -0.3 is 19.9 Å². The predicted octanol–water partition coefficient (Wildman–Crippen LogP) is 2.70. The van der Waals surface area contributed by atoms with Gasteiger partial charge in [0.25, 0.3) is 0 Å². The molecule has 0 bridgehead atoms. The van der Waals surface area contributed by atoms with Crippen molar-refractivity contribution >= 4 is 5.91 Å². The van der Waals surface area contributed by atoms with Gasteiger partial charge in [0, 0.05) is 7.05 Å². The summed E-state index contributed by atoms with van der Waals surface area (Å²) >= 11 is 0. The highest BCUT2D eigenvalue weighted by molar-refractivity contribution is 5.75. The Balaban J connectivity index is 1.86. The molecule has 2 N–H and O–H groups in total. The maximum absolute atomic E-state index is 11.1. The lowest BCUT2D eigenvalue weighted by Gasteiger charge is -2.08. The third-order valence-electron chi connectivity index (χ3n) is 2.77. The van der Waals surface area contributed by atoms with Crippen LogP contribution in [0.15, 0.2) is 48.5 Å². The number of nitrogens with one attached hydrogen (secondary N) is 1. The second-order valence-electron chi connectivity index (χ2n) is 4.34. The molecule has 0 aliphatic rings. The summed E-state index contributed by atoms with van der Waals surface area (Å²) < 4.78 is 11.1. The van der Waals surface area contributed by atoms with Gasteiger partial charge in [-0.15, -0.1) is 0 Å². The van der Waals surface area contributed by atoms with E-state index in [-0.39, 0.29) is 11.7 Å². The lowest BCUT2D eigenvalue weighted by Crippen LogP contribution is -2.20.